The van der Waals surface area contributed by atoms with E-state index in [1.165, 1.54) is 6.20 Å². The van der Waals surface area contributed by atoms with Crippen LogP contribution in [0.5, 0.6) is 0 Å². The first-order valence-corrected chi connectivity index (χ1v) is 3.69. The number of hydrogen-bond donors (Lipinski definition) is 0. The van der Waals surface area contributed by atoms with Crippen LogP contribution in [0, 0.1) is 18.3 Å². The van der Waals surface area contributed by atoms with Gasteiger partial charge in [0.05, 0.1) is 11.3 Å². The number of aromatic nitrogens is 1. The van der Waals surface area contributed by atoms with Crippen LogP contribution in [-0.2, 0) is 16.1 Å². The summed E-state index contributed by atoms with van der Waals surface area (Å²) in [6.07, 6.45) is 1.45. The molecule has 0 unspecified atom stereocenters. The first-order valence-electron chi connectivity index (χ1n) is 3.69. The molecule has 0 spiro atoms. The molecule has 0 aliphatic heterocycles. The second-order valence-electron chi connectivity index (χ2n) is 2.51. The summed E-state index contributed by atoms with van der Waals surface area (Å²) < 4.78 is 4.55. The molecule has 0 saturated carbocycles. The van der Waals surface area contributed by atoms with E-state index in [-0.39, 0.29) is 6.61 Å². The number of rotatable bonds is 3. The number of carbonyl (C=O) groups is 1. The van der Waals surface area contributed by atoms with Crippen LogP contribution < -0.4 is 0 Å². The number of ether oxygens (including phenoxy) is 1. The quantitative estimate of drug-likeness (QED) is 0.643. The molecule has 0 radical (unpaired) electrons. The highest BCUT2D eigenvalue weighted by Gasteiger charge is 2.01. The average Bonchev–Trinajstić information content (AvgIpc) is 2.16. The highest BCUT2D eigenvalue weighted by atomic mass is 16.5. The molecule has 4 heteroatoms. The van der Waals surface area contributed by atoms with E-state index in [1.807, 2.05) is 13.0 Å². The van der Waals surface area contributed by atoms with Gasteiger partial charge in [-0.1, -0.05) is 0 Å². The van der Waals surface area contributed by atoms with Crippen LogP contribution in [0.3, 0.4) is 0 Å². The number of carbonyl (C=O) groups excluding carboxylic acids is 1. The van der Waals surface area contributed by atoms with E-state index in [2.05, 4.69) is 9.72 Å². The largest absolute Gasteiger partial charge is 0.461 e. The van der Waals surface area contributed by atoms with Gasteiger partial charge in [0.2, 0.25) is 0 Å². The van der Waals surface area contributed by atoms with E-state index < -0.39 is 0 Å². The minimum absolute atomic E-state index is 0.154. The van der Waals surface area contributed by atoms with Gasteiger partial charge in [-0.2, -0.15) is 5.26 Å². The summed E-state index contributed by atoms with van der Waals surface area (Å²) in [6, 6.07) is 3.68. The maximum atomic E-state index is 9.91. The van der Waals surface area contributed by atoms with Gasteiger partial charge in [0.1, 0.15) is 12.7 Å². The third-order valence-electron chi connectivity index (χ3n) is 1.60. The van der Waals surface area contributed by atoms with Crippen molar-refractivity contribution in [1.82, 2.24) is 4.98 Å². The summed E-state index contributed by atoms with van der Waals surface area (Å²) >= 11 is 0. The molecule has 0 aliphatic carbocycles. The lowest BCUT2D eigenvalue weighted by Crippen LogP contribution is -1.97. The van der Waals surface area contributed by atoms with E-state index in [9.17, 15) is 4.79 Å². The van der Waals surface area contributed by atoms with E-state index in [4.69, 9.17) is 5.26 Å². The summed E-state index contributed by atoms with van der Waals surface area (Å²) in [4.78, 5) is 13.9. The van der Waals surface area contributed by atoms with Crippen LogP contribution in [0.1, 0.15) is 16.8 Å². The zero-order valence-electron chi connectivity index (χ0n) is 7.15. The van der Waals surface area contributed by atoms with E-state index in [1.54, 1.807) is 6.07 Å². The number of nitrogens with zero attached hydrogens (tertiary/aromatic N) is 2. The van der Waals surface area contributed by atoms with Crippen LogP contribution in [0.15, 0.2) is 12.3 Å². The Bertz CT molecular complexity index is 355. The Labute approximate surface area is 75.8 Å². The minimum Gasteiger partial charge on any atom is -0.461 e. The zero-order valence-corrected chi connectivity index (χ0v) is 7.15. The highest BCUT2D eigenvalue weighted by molar-refractivity contribution is 5.38. The third-order valence-corrected chi connectivity index (χ3v) is 1.60. The Kier molecular flexibility index (Phi) is 2.98. The zero-order chi connectivity index (χ0) is 9.68. The molecule has 0 aliphatic rings. The maximum Gasteiger partial charge on any atom is 0.293 e. The second-order valence-corrected chi connectivity index (χ2v) is 2.51. The van der Waals surface area contributed by atoms with Crippen molar-refractivity contribution in [1.29, 1.82) is 5.26 Å². The molecule has 4 nitrogen and oxygen atoms in total. The SMILES string of the molecule is Cc1cc(C#N)cnc1COC=O. The molecule has 0 amide bonds. The van der Waals surface area contributed by atoms with Crippen molar-refractivity contribution in [2.24, 2.45) is 0 Å². The predicted octanol–water partition coefficient (Wildman–Crippen LogP) is 0.935. The molecule has 0 N–H and O–H groups in total. The fourth-order valence-electron chi connectivity index (χ4n) is 0.928. The Morgan fingerprint density at radius 1 is 1.77 bits per heavy atom. The van der Waals surface area contributed by atoms with Crippen molar-refractivity contribution < 1.29 is 9.53 Å². The molecule has 1 aromatic rings. The number of pyridine rings is 1. The lowest BCUT2D eigenvalue weighted by atomic mass is 10.2. The van der Waals surface area contributed by atoms with E-state index >= 15 is 0 Å². The molecule has 1 heterocycles. The standard InChI is InChI=1S/C9H8N2O2/c1-7-2-8(3-10)4-11-9(7)5-13-6-12/h2,4,6H,5H2,1H3. The topological polar surface area (TPSA) is 63.0 Å². The van der Waals surface area contributed by atoms with Crippen LogP contribution >= 0.6 is 0 Å². The van der Waals surface area contributed by atoms with Gasteiger partial charge in [0.15, 0.2) is 0 Å². The van der Waals surface area contributed by atoms with Gasteiger partial charge in [-0.05, 0) is 18.6 Å². The van der Waals surface area contributed by atoms with Gasteiger partial charge in [-0.15, -0.1) is 0 Å². The van der Waals surface area contributed by atoms with Crippen LogP contribution in [0.4, 0.5) is 0 Å². The summed E-state index contributed by atoms with van der Waals surface area (Å²) in [5.41, 5.74) is 2.03. The Morgan fingerprint density at radius 2 is 2.54 bits per heavy atom. The molecule has 0 bridgehead atoms. The van der Waals surface area contributed by atoms with Crippen LogP contribution in [0.25, 0.3) is 0 Å². The van der Waals surface area contributed by atoms with E-state index in [0.717, 1.165) is 5.56 Å². The summed E-state index contributed by atoms with van der Waals surface area (Å²) in [6.45, 7) is 2.34. The normalized spacial score (nSPS) is 8.92. The fourth-order valence-corrected chi connectivity index (χ4v) is 0.928. The van der Waals surface area contributed by atoms with Crippen molar-refractivity contribution in [3.63, 3.8) is 0 Å². The molecule has 13 heavy (non-hydrogen) atoms. The average molecular weight is 176 g/mol. The van der Waals surface area contributed by atoms with E-state index in [0.29, 0.717) is 17.7 Å². The third kappa shape index (κ3) is 2.27. The first-order chi connectivity index (χ1) is 6.27. The van der Waals surface area contributed by atoms with Gasteiger partial charge in [0.25, 0.3) is 6.47 Å². The van der Waals surface area contributed by atoms with Gasteiger partial charge in [-0.3, -0.25) is 9.78 Å². The number of aryl methyl sites for hydroxylation is 1. The molecule has 1 aromatic heterocycles. The minimum atomic E-state index is 0.154. The molecule has 0 fully saturated rings. The van der Waals surface area contributed by atoms with Gasteiger partial charge in [-0.25, -0.2) is 0 Å². The van der Waals surface area contributed by atoms with Gasteiger partial charge < -0.3 is 4.74 Å². The van der Waals surface area contributed by atoms with Crippen molar-refractivity contribution in [2.45, 2.75) is 13.5 Å². The van der Waals surface area contributed by atoms with Crippen molar-refractivity contribution in [3.05, 3.63) is 29.1 Å². The lowest BCUT2D eigenvalue weighted by molar-refractivity contribution is -0.129. The van der Waals surface area contributed by atoms with Crippen LogP contribution in [-0.4, -0.2) is 11.5 Å². The molecule has 0 atom stereocenters. The number of hydrogen-bond acceptors (Lipinski definition) is 4. The van der Waals surface area contributed by atoms with Crippen molar-refractivity contribution >= 4 is 6.47 Å². The Hall–Kier alpha value is -1.89. The Balaban J connectivity index is 2.86. The molecular weight excluding hydrogens is 168 g/mol. The van der Waals surface area contributed by atoms with Crippen molar-refractivity contribution in [3.8, 4) is 6.07 Å². The summed E-state index contributed by atoms with van der Waals surface area (Å²) in [7, 11) is 0. The monoisotopic (exact) mass is 176 g/mol. The first kappa shape index (κ1) is 9.20. The predicted molar refractivity (Wildman–Crippen MR) is 44.5 cm³/mol. The smallest absolute Gasteiger partial charge is 0.293 e. The van der Waals surface area contributed by atoms with Gasteiger partial charge >= 0.3 is 0 Å². The maximum absolute atomic E-state index is 9.91. The molecule has 0 saturated heterocycles. The molecule has 1 rings (SSSR count). The highest BCUT2D eigenvalue weighted by Crippen LogP contribution is 2.07. The molecule has 66 valence electrons. The number of nitriles is 1. The van der Waals surface area contributed by atoms with Crippen LogP contribution in [0.2, 0.25) is 0 Å². The summed E-state index contributed by atoms with van der Waals surface area (Å²) in [5, 5.41) is 8.55. The summed E-state index contributed by atoms with van der Waals surface area (Å²) in [5.74, 6) is 0. The lowest BCUT2D eigenvalue weighted by Gasteiger charge is -2.02. The van der Waals surface area contributed by atoms with Crippen molar-refractivity contribution in [2.75, 3.05) is 0 Å². The molecule has 0 aromatic carbocycles. The molecular formula is C9H8N2O2. The Morgan fingerprint density at radius 3 is 3.08 bits per heavy atom. The van der Waals surface area contributed by atoms with Gasteiger partial charge in [0, 0.05) is 6.20 Å². The second kappa shape index (κ2) is 4.21. The fraction of sp³-hybridized carbons (Fsp3) is 0.222.